The van der Waals surface area contributed by atoms with Crippen LogP contribution in [-0.2, 0) is 10.0 Å². The molecule has 0 bridgehead atoms. The molecule has 20 heavy (non-hydrogen) atoms. The van der Waals surface area contributed by atoms with Crippen molar-refractivity contribution in [3.63, 3.8) is 0 Å². The molecule has 0 saturated carbocycles. The fourth-order valence-electron chi connectivity index (χ4n) is 1.69. The number of aliphatic hydroxyl groups excluding tert-OH is 1. The Labute approximate surface area is 122 Å². The van der Waals surface area contributed by atoms with Crippen LogP contribution in [0.15, 0.2) is 10.3 Å². The number of nitrogens with zero attached hydrogens (tertiary/aromatic N) is 1. The monoisotopic (exact) mass is 321 g/mol. The topological polar surface area (TPSA) is 94.9 Å². The molecule has 0 aliphatic carbocycles. The van der Waals surface area contributed by atoms with E-state index in [1.54, 1.807) is 6.92 Å². The Kier molecular flexibility index (Phi) is 6.12. The molecule has 0 amide bonds. The molecule has 1 rings (SSSR count). The van der Waals surface area contributed by atoms with Crippen molar-refractivity contribution in [1.29, 1.82) is 0 Å². The summed E-state index contributed by atoms with van der Waals surface area (Å²) >= 11 is 0.777. The van der Waals surface area contributed by atoms with Crippen LogP contribution in [0.2, 0.25) is 0 Å². The van der Waals surface area contributed by atoms with Gasteiger partial charge >= 0.3 is 5.97 Å². The van der Waals surface area contributed by atoms with Gasteiger partial charge in [-0.3, -0.25) is 0 Å². The summed E-state index contributed by atoms with van der Waals surface area (Å²) in [6.07, 6.45) is 2.06. The number of hydrogen-bond donors (Lipinski definition) is 2. The Bertz CT molecular complexity index is 564. The number of hydrogen-bond acceptors (Lipinski definition) is 5. The van der Waals surface area contributed by atoms with Gasteiger partial charge in [0.15, 0.2) is 0 Å². The summed E-state index contributed by atoms with van der Waals surface area (Å²) in [7, 11) is -2.16. The van der Waals surface area contributed by atoms with Gasteiger partial charge in [0.2, 0.25) is 0 Å². The average molecular weight is 321 g/mol. The zero-order chi connectivity index (χ0) is 15.3. The maximum absolute atomic E-state index is 12.3. The number of carboxylic acid groups (broad SMARTS) is 1. The largest absolute Gasteiger partial charge is 0.477 e. The van der Waals surface area contributed by atoms with E-state index in [4.69, 9.17) is 10.2 Å². The van der Waals surface area contributed by atoms with Gasteiger partial charge in [-0.25, -0.2) is 17.5 Å². The van der Waals surface area contributed by atoms with Crippen molar-refractivity contribution >= 4 is 27.3 Å². The Morgan fingerprint density at radius 3 is 2.50 bits per heavy atom. The zero-order valence-corrected chi connectivity index (χ0v) is 13.1. The Hall–Kier alpha value is -0.960. The first kappa shape index (κ1) is 17.1. The Balaban J connectivity index is 2.82. The van der Waals surface area contributed by atoms with E-state index in [0.717, 1.165) is 17.8 Å². The van der Waals surface area contributed by atoms with Crippen molar-refractivity contribution in [3.8, 4) is 0 Å². The van der Waals surface area contributed by atoms with E-state index >= 15 is 0 Å². The van der Waals surface area contributed by atoms with Crippen LogP contribution in [0, 0.1) is 6.92 Å². The van der Waals surface area contributed by atoms with E-state index in [0.29, 0.717) is 24.9 Å². The number of aliphatic hydroxyl groups is 1. The SMILES string of the molecule is Cc1cc(S(=O)(=O)N(C)CCCCCO)sc1C(=O)O. The summed E-state index contributed by atoms with van der Waals surface area (Å²) in [5.74, 6) is -1.11. The lowest BCUT2D eigenvalue weighted by molar-refractivity contribution is 0.0701. The predicted octanol–water partition coefficient (Wildman–Crippen LogP) is 1.54. The van der Waals surface area contributed by atoms with Crippen molar-refractivity contribution in [2.45, 2.75) is 30.4 Å². The highest BCUT2D eigenvalue weighted by Crippen LogP contribution is 2.28. The summed E-state index contributed by atoms with van der Waals surface area (Å²) in [5, 5.41) is 17.6. The Morgan fingerprint density at radius 1 is 1.35 bits per heavy atom. The first-order chi connectivity index (χ1) is 9.30. The van der Waals surface area contributed by atoms with Crippen molar-refractivity contribution < 1.29 is 23.4 Å². The van der Waals surface area contributed by atoms with Crippen LogP contribution in [0.3, 0.4) is 0 Å². The van der Waals surface area contributed by atoms with E-state index in [-0.39, 0.29) is 15.7 Å². The van der Waals surface area contributed by atoms with Crippen molar-refractivity contribution in [2.75, 3.05) is 20.2 Å². The third-order valence-electron chi connectivity index (χ3n) is 2.89. The molecular weight excluding hydrogens is 302 g/mol. The average Bonchev–Trinajstić information content (AvgIpc) is 2.77. The maximum atomic E-state index is 12.3. The van der Waals surface area contributed by atoms with E-state index < -0.39 is 16.0 Å². The minimum atomic E-state index is -3.64. The number of sulfonamides is 1. The first-order valence-electron chi connectivity index (χ1n) is 6.21. The van der Waals surface area contributed by atoms with Gasteiger partial charge in [-0.1, -0.05) is 0 Å². The van der Waals surface area contributed by atoms with Gasteiger partial charge in [-0.2, -0.15) is 0 Å². The molecule has 1 heterocycles. The molecule has 0 aliphatic heterocycles. The summed E-state index contributed by atoms with van der Waals surface area (Å²) in [6.45, 7) is 2.03. The highest BCUT2D eigenvalue weighted by molar-refractivity contribution is 7.91. The first-order valence-corrected chi connectivity index (χ1v) is 8.47. The van der Waals surface area contributed by atoms with Crippen molar-refractivity contribution in [3.05, 3.63) is 16.5 Å². The third-order valence-corrected chi connectivity index (χ3v) is 6.42. The lowest BCUT2D eigenvalue weighted by Crippen LogP contribution is -2.27. The van der Waals surface area contributed by atoms with Crippen molar-refractivity contribution in [2.24, 2.45) is 0 Å². The number of rotatable bonds is 8. The van der Waals surface area contributed by atoms with Crippen LogP contribution in [-0.4, -0.2) is 49.1 Å². The molecule has 0 aromatic carbocycles. The molecule has 2 N–H and O–H groups in total. The molecule has 114 valence electrons. The smallest absolute Gasteiger partial charge is 0.346 e. The molecule has 0 fully saturated rings. The molecule has 1 aromatic rings. The summed E-state index contributed by atoms with van der Waals surface area (Å²) in [5.41, 5.74) is 0.453. The summed E-state index contributed by atoms with van der Waals surface area (Å²) in [6, 6.07) is 1.40. The fraction of sp³-hybridized carbons (Fsp3) is 0.583. The molecule has 0 unspecified atom stereocenters. The van der Waals surface area contributed by atoms with Gasteiger partial charge in [0.05, 0.1) is 0 Å². The van der Waals surface area contributed by atoms with Gasteiger partial charge in [-0.15, -0.1) is 11.3 Å². The molecule has 8 heteroatoms. The minimum absolute atomic E-state index is 0.0528. The van der Waals surface area contributed by atoms with Crippen LogP contribution in [0.4, 0.5) is 0 Å². The number of thiophene rings is 1. The lowest BCUT2D eigenvalue weighted by atomic mass is 10.2. The van der Waals surface area contributed by atoms with E-state index in [2.05, 4.69) is 0 Å². The van der Waals surface area contributed by atoms with Crippen molar-refractivity contribution in [1.82, 2.24) is 4.31 Å². The molecule has 1 aromatic heterocycles. The van der Waals surface area contributed by atoms with E-state index in [1.165, 1.54) is 17.4 Å². The molecular formula is C12H19NO5S2. The van der Waals surface area contributed by atoms with Gasteiger partial charge in [0.1, 0.15) is 9.09 Å². The molecule has 6 nitrogen and oxygen atoms in total. The normalized spacial score (nSPS) is 12.0. The molecule has 0 spiro atoms. The summed E-state index contributed by atoms with van der Waals surface area (Å²) < 4.78 is 25.8. The Morgan fingerprint density at radius 2 is 2.00 bits per heavy atom. The molecule has 0 atom stereocenters. The van der Waals surface area contributed by atoms with Gasteiger partial charge in [0, 0.05) is 20.2 Å². The van der Waals surface area contributed by atoms with Crippen LogP contribution in [0.5, 0.6) is 0 Å². The quantitative estimate of drug-likeness (QED) is 0.708. The van der Waals surface area contributed by atoms with Gasteiger partial charge in [0.25, 0.3) is 10.0 Å². The zero-order valence-electron chi connectivity index (χ0n) is 11.5. The third kappa shape index (κ3) is 4.02. The number of aryl methyl sites for hydroxylation is 1. The maximum Gasteiger partial charge on any atom is 0.346 e. The van der Waals surface area contributed by atoms with Gasteiger partial charge < -0.3 is 10.2 Å². The van der Waals surface area contributed by atoms with E-state index in [9.17, 15) is 13.2 Å². The van der Waals surface area contributed by atoms with E-state index in [1.807, 2.05) is 0 Å². The number of carbonyl (C=O) groups is 1. The molecule has 0 aliphatic rings. The number of aromatic carboxylic acids is 1. The minimum Gasteiger partial charge on any atom is -0.477 e. The fourth-order valence-corrected chi connectivity index (χ4v) is 4.49. The van der Waals surface area contributed by atoms with Crippen LogP contribution >= 0.6 is 11.3 Å². The highest BCUT2D eigenvalue weighted by atomic mass is 32.2. The second-order valence-corrected chi connectivity index (χ2v) is 7.82. The molecule has 0 saturated heterocycles. The summed E-state index contributed by atoms with van der Waals surface area (Å²) in [4.78, 5) is 11.0. The number of unbranched alkanes of at least 4 members (excludes halogenated alkanes) is 2. The number of carboxylic acids is 1. The van der Waals surface area contributed by atoms with Crippen LogP contribution in [0.1, 0.15) is 34.5 Å². The predicted molar refractivity (Wildman–Crippen MR) is 76.8 cm³/mol. The second kappa shape index (κ2) is 7.16. The second-order valence-electron chi connectivity index (χ2n) is 4.49. The standard InChI is InChI=1S/C12H19NO5S2/c1-9-8-10(19-11(9)12(15)16)20(17,18)13(2)6-4-3-5-7-14/h8,14H,3-7H2,1-2H3,(H,15,16). The van der Waals surface area contributed by atoms with Crippen LogP contribution < -0.4 is 0 Å². The molecule has 0 radical (unpaired) electrons. The van der Waals surface area contributed by atoms with Crippen LogP contribution in [0.25, 0.3) is 0 Å². The highest BCUT2D eigenvalue weighted by Gasteiger charge is 2.25. The lowest BCUT2D eigenvalue weighted by Gasteiger charge is -2.15. The van der Waals surface area contributed by atoms with Gasteiger partial charge in [-0.05, 0) is 37.8 Å².